The fourth-order valence-corrected chi connectivity index (χ4v) is 3.87. The molecule has 98 valence electrons. The topological polar surface area (TPSA) is 103 Å². The molecule has 1 fully saturated rings. The summed E-state index contributed by atoms with van der Waals surface area (Å²) in [7, 11) is 0. The molecule has 0 radical (unpaired) electrons. The van der Waals surface area contributed by atoms with Crippen LogP contribution in [0.3, 0.4) is 0 Å². The van der Waals surface area contributed by atoms with Gasteiger partial charge in [-0.2, -0.15) is 0 Å². The molecule has 2 aliphatic rings. The summed E-state index contributed by atoms with van der Waals surface area (Å²) in [6, 6.07) is 0. The molecule has 5 atom stereocenters. The molecule has 0 aromatic carbocycles. The van der Waals surface area contributed by atoms with Crippen LogP contribution in [0.1, 0.15) is 0 Å². The molecule has 6 nitrogen and oxygen atoms in total. The van der Waals surface area contributed by atoms with Crippen molar-refractivity contribution in [3.05, 3.63) is 0 Å². The minimum absolute atomic E-state index is 0.512. The number of ether oxygens (including phenoxy) is 1. The zero-order chi connectivity index (χ0) is 12.4. The second kappa shape index (κ2) is 5.87. The van der Waals surface area contributed by atoms with E-state index in [1.54, 1.807) is 11.8 Å². The summed E-state index contributed by atoms with van der Waals surface area (Å²) in [5.41, 5.74) is -0.652. The molecular formula is C9H15NO5S2. The molecule has 2 heterocycles. The first-order valence-corrected chi connectivity index (χ1v) is 7.14. The van der Waals surface area contributed by atoms with Gasteiger partial charge < -0.3 is 25.2 Å². The van der Waals surface area contributed by atoms with Crippen LogP contribution in [0.5, 0.6) is 0 Å². The van der Waals surface area contributed by atoms with E-state index in [1.807, 2.05) is 0 Å². The second-order valence-electron chi connectivity index (χ2n) is 3.81. The van der Waals surface area contributed by atoms with E-state index in [0.29, 0.717) is 0 Å². The Morgan fingerprint density at radius 3 is 2.82 bits per heavy atom. The second-order valence-corrected chi connectivity index (χ2v) is 6.24. The van der Waals surface area contributed by atoms with Crippen LogP contribution in [-0.4, -0.2) is 73.6 Å². The average molecular weight is 281 g/mol. The fourth-order valence-electron chi connectivity index (χ4n) is 1.68. The van der Waals surface area contributed by atoms with E-state index in [-0.39, 0.29) is 0 Å². The normalized spacial score (nSPS) is 39.4. The molecule has 8 heteroatoms. The van der Waals surface area contributed by atoms with Crippen molar-refractivity contribution in [1.82, 2.24) is 0 Å². The molecule has 0 unspecified atom stereocenters. The molecule has 17 heavy (non-hydrogen) atoms. The molecule has 0 aromatic rings. The first-order chi connectivity index (χ1) is 8.13. The van der Waals surface area contributed by atoms with Gasteiger partial charge in [0, 0.05) is 5.75 Å². The van der Waals surface area contributed by atoms with E-state index in [2.05, 4.69) is 4.99 Å². The van der Waals surface area contributed by atoms with E-state index in [1.165, 1.54) is 11.8 Å². The number of nitrogens with zero attached hydrogens (tertiary/aromatic N) is 1. The van der Waals surface area contributed by atoms with Gasteiger partial charge in [0.2, 0.25) is 0 Å². The van der Waals surface area contributed by atoms with Crippen molar-refractivity contribution in [3.8, 4) is 0 Å². The van der Waals surface area contributed by atoms with Gasteiger partial charge in [0.25, 0.3) is 0 Å². The van der Waals surface area contributed by atoms with E-state index in [9.17, 15) is 15.3 Å². The van der Waals surface area contributed by atoms with E-state index < -0.39 is 36.5 Å². The molecule has 0 spiro atoms. The fraction of sp³-hybridized carbons (Fsp3) is 0.889. The number of rotatable bonds is 3. The Labute approximate surface area is 107 Å². The molecule has 0 amide bonds. The maximum atomic E-state index is 9.78. The Bertz CT molecular complexity index is 303. The number of aliphatic hydroxyl groups excluding tert-OH is 4. The lowest BCUT2D eigenvalue weighted by Crippen LogP contribution is -2.40. The number of hydrogen-bond donors (Lipinski definition) is 4. The maximum absolute atomic E-state index is 9.78. The van der Waals surface area contributed by atoms with Gasteiger partial charge in [0.05, 0.1) is 13.2 Å². The first-order valence-electron chi connectivity index (χ1n) is 5.28. The predicted octanol–water partition coefficient (Wildman–Crippen LogP) is -1.38. The average Bonchev–Trinajstić information content (AvgIpc) is 2.92. The Morgan fingerprint density at radius 1 is 1.47 bits per heavy atom. The van der Waals surface area contributed by atoms with Gasteiger partial charge in [-0.05, 0) is 0 Å². The number of aliphatic imine (C=N–C) groups is 1. The van der Waals surface area contributed by atoms with Crippen molar-refractivity contribution in [1.29, 1.82) is 0 Å². The highest BCUT2D eigenvalue weighted by molar-refractivity contribution is 8.39. The van der Waals surface area contributed by atoms with Crippen LogP contribution in [0, 0.1) is 0 Å². The van der Waals surface area contributed by atoms with Crippen LogP contribution in [-0.2, 0) is 4.74 Å². The van der Waals surface area contributed by atoms with E-state index >= 15 is 0 Å². The molecule has 2 rings (SSSR count). The number of thioether (sulfide) groups is 2. The van der Waals surface area contributed by atoms with Gasteiger partial charge in [-0.1, -0.05) is 23.5 Å². The molecule has 0 aromatic heterocycles. The van der Waals surface area contributed by atoms with Crippen LogP contribution in [0.25, 0.3) is 0 Å². The van der Waals surface area contributed by atoms with Crippen LogP contribution >= 0.6 is 23.5 Å². The molecule has 4 N–H and O–H groups in total. The van der Waals surface area contributed by atoms with Gasteiger partial charge >= 0.3 is 0 Å². The summed E-state index contributed by atoms with van der Waals surface area (Å²) in [6.45, 7) is 0.239. The summed E-state index contributed by atoms with van der Waals surface area (Å²) in [6.07, 6.45) is -4.43. The Kier molecular flexibility index (Phi) is 4.70. The summed E-state index contributed by atoms with van der Waals surface area (Å²) in [5.74, 6) is 0.913. The predicted molar refractivity (Wildman–Crippen MR) is 66.1 cm³/mol. The minimum Gasteiger partial charge on any atom is -0.394 e. The molecule has 0 bridgehead atoms. The maximum Gasteiger partial charge on any atom is 0.138 e. The Morgan fingerprint density at radius 2 is 2.24 bits per heavy atom. The van der Waals surface area contributed by atoms with Gasteiger partial charge in [-0.25, -0.2) is 0 Å². The first kappa shape index (κ1) is 13.6. The van der Waals surface area contributed by atoms with Crippen molar-refractivity contribution in [2.24, 2.45) is 4.99 Å². The van der Waals surface area contributed by atoms with Gasteiger partial charge in [0.15, 0.2) is 0 Å². The monoisotopic (exact) mass is 281 g/mol. The third-order valence-electron chi connectivity index (χ3n) is 2.60. The minimum atomic E-state index is -1.19. The lowest BCUT2D eigenvalue weighted by Gasteiger charge is -2.18. The standard InChI is InChI=1S/C9H15NO5S2/c11-3-4(12)7-5(13)6(14)8(15-7)17-9-10-1-2-16-9/h4-8,11-14H,1-3H2/t4-,5-,6-,7+,8+/m1/s1. The van der Waals surface area contributed by atoms with E-state index in [0.717, 1.165) is 16.7 Å². The number of aliphatic hydroxyl groups is 4. The zero-order valence-electron chi connectivity index (χ0n) is 8.97. The van der Waals surface area contributed by atoms with Crippen LogP contribution < -0.4 is 0 Å². The molecule has 1 saturated heterocycles. The van der Waals surface area contributed by atoms with Crippen LogP contribution in [0.15, 0.2) is 4.99 Å². The molecular weight excluding hydrogens is 266 g/mol. The summed E-state index contributed by atoms with van der Waals surface area (Å²) in [5, 5.41) is 37.7. The SMILES string of the molecule is OC[C@@H](O)[C@@H]1O[C@@H](SC2=NCCS2)[C@H](O)[C@H]1O. The molecule has 2 aliphatic heterocycles. The third-order valence-corrected chi connectivity index (χ3v) is 4.96. The number of hydrogen-bond acceptors (Lipinski definition) is 8. The summed E-state index contributed by atoms with van der Waals surface area (Å²) < 4.78 is 6.18. The summed E-state index contributed by atoms with van der Waals surface area (Å²) >= 11 is 2.82. The zero-order valence-corrected chi connectivity index (χ0v) is 10.6. The van der Waals surface area contributed by atoms with Gasteiger partial charge in [-0.15, -0.1) is 0 Å². The Hall–Kier alpha value is 0.170. The quantitative estimate of drug-likeness (QED) is 0.506. The lowest BCUT2D eigenvalue weighted by atomic mass is 10.1. The van der Waals surface area contributed by atoms with Crippen molar-refractivity contribution >= 4 is 27.9 Å². The highest BCUT2D eigenvalue weighted by Crippen LogP contribution is 2.35. The highest BCUT2D eigenvalue weighted by Gasteiger charge is 2.46. The van der Waals surface area contributed by atoms with Gasteiger partial charge in [0.1, 0.15) is 34.2 Å². The summed E-state index contributed by atoms with van der Waals surface area (Å²) in [4.78, 5) is 4.21. The van der Waals surface area contributed by atoms with Crippen LogP contribution in [0.4, 0.5) is 0 Å². The molecule has 0 aliphatic carbocycles. The van der Waals surface area contributed by atoms with Crippen molar-refractivity contribution in [2.75, 3.05) is 18.9 Å². The highest BCUT2D eigenvalue weighted by atomic mass is 32.2. The van der Waals surface area contributed by atoms with E-state index in [4.69, 9.17) is 9.84 Å². The van der Waals surface area contributed by atoms with Crippen molar-refractivity contribution in [3.63, 3.8) is 0 Å². The van der Waals surface area contributed by atoms with Gasteiger partial charge in [-0.3, -0.25) is 4.99 Å². The molecule has 0 saturated carbocycles. The smallest absolute Gasteiger partial charge is 0.138 e. The third kappa shape index (κ3) is 2.95. The largest absolute Gasteiger partial charge is 0.394 e. The lowest BCUT2D eigenvalue weighted by molar-refractivity contribution is -0.0712. The Balaban J connectivity index is 1.95. The van der Waals surface area contributed by atoms with Crippen molar-refractivity contribution in [2.45, 2.75) is 29.9 Å². The van der Waals surface area contributed by atoms with Crippen LogP contribution in [0.2, 0.25) is 0 Å². The van der Waals surface area contributed by atoms with Crippen molar-refractivity contribution < 1.29 is 25.2 Å².